The molecule has 1 saturated carbocycles. The molecule has 0 amide bonds. The van der Waals surface area contributed by atoms with Crippen molar-refractivity contribution in [2.24, 2.45) is 11.3 Å². The minimum atomic E-state index is 0.447. The topological polar surface area (TPSA) is 42.7 Å². The standard InChI is InChI=1S/C16H22N4/c1-12-8-16(2,3)9-15(12)19-13-5-4-6-14(7-13)20-10-17-18-11-20/h4-7,10-12,15,19H,8-9H2,1-3H3. The van der Waals surface area contributed by atoms with E-state index in [2.05, 4.69) is 60.6 Å². The molecule has 1 aromatic carbocycles. The molecule has 0 bridgehead atoms. The number of nitrogens with one attached hydrogen (secondary N) is 1. The summed E-state index contributed by atoms with van der Waals surface area (Å²) < 4.78 is 1.92. The molecule has 2 unspecified atom stereocenters. The van der Waals surface area contributed by atoms with Gasteiger partial charge in [-0.05, 0) is 42.4 Å². The van der Waals surface area contributed by atoms with Crippen LogP contribution < -0.4 is 5.32 Å². The number of aromatic nitrogens is 3. The van der Waals surface area contributed by atoms with Gasteiger partial charge in [0.25, 0.3) is 0 Å². The molecule has 1 fully saturated rings. The number of anilines is 1. The van der Waals surface area contributed by atoms with Gasteiger partial charge in [-0.2, -0.15) is 0 Å². The van der Waals surface area contributed by atoms with Crippen molar-refractivity contribution in [2.45, 2.75) is 39.7 Å². The third kappa shape index (κ3) is 2.69. The van der Waals surface area contributed by atoms with E-state index in [-0.39, 0.29) is 0 Å². The molecule has 0 aliphatic heterocycles. The lowest BCUT2D eigenvalue weighted by Crippen LogP contribution is -2.22. The van der Waals surface area contributed by atoms with Crippen LogP contribution in [-0.2, 0) is 0 Å². The maximum atomic E-state index is 3.86. The van der Waals surface area contributed by atoms with E-state index in [9.17, 15) is 0 Å². The van der Waals surface area contributed by atoms with Crippen LogP contribution in [0.2, 0.25) is 0 Å². The highest BCUT2D eigenvalue weighted by Gasteiger charge is 2.36. The van der Waals surface area contributed by atoms with Gasteiger partial charge < -0.3 is 5.32 Å². The predicted octanol–water partition coefficient (Wildman–Crippen LogP) is 3.50. The van der Waals surface area contributed by atoms with Crippen LogP contribution in [0.3, 0.4) is 0 Å². The van der Waals surface area contributed by atoms with Crippen molar-refractivity contribution >= 4 is 5.69 Å². The second kappa shape index (κ2) is 4.93. The Labute approximate surface area is 120 Å². The van der Waals surface area contributed by atoms with E-state index in [1.807, 2.05) is 4.57 Å². The third-order valence-corrected chi connectivity index (χ3v) is 4.25. The summed E-state index contributed by atoms with van der Waals surface area (Å²) in [6.07, 6.45) is 5.96. The van der Waals surface area contributed by atoms with Gasteiger partial charge in [-0.15, -0.1) is 10.2 Å². The highest BCUT2D eigenvalue weighted by molar-refractivity contribution is 5.51. The Hall–Kier alpha value is -1.84. The average molecular weight is 270 g/mol. The fourth-order valence-electron chi connectivity index (χ4n) is 3.39. The lowest BCUT2D eigenvalue weighted by Gasteiger charge is -2.20. The van der Waals surface area contributed by atoms with E-state index in [1.165, 1.54) is 18.5 Å². The number of rotatable bonds is 3. The Morgan fingerprint density at radius 3 is 2.60 bits per heavy atom. The number of hydrogen-bond acceptors (Lipinski definition) is 3. The van der Waals surface area contributed by atoms with Crippen LogP contribution in [0, 0.1) is 11.3 Å². The second-order valence-corrected chi connectivity index (χ2v) is 6.72. The minimum absolute atomic E-state index is 0.447. The molecule has 1 aliphatic carbocycles. The SMILES string of the molecule is CC1CC(C)(C)CC1Nc1cccc(-n2cnnc2)c1. The van der Waals surface area contributed by atoms with E-state index >= 15 is 0 Å². The molecule has 0 radical (unpaired) electrons. The van der Waals surface area contributed by atoms with E-state index < -0.39 is 0 Å². The lowest BCUT2D eigenvalue weighted by atomic mass is 9.91. The van der Waals surface area contributed by atoms with Crippen LogP contribution in [0.4, 0.5) is 5.69 Å². The molecule has 0 saturated heterocycles. The fourth-order valence-corrected chi connectivity index (χ4v) is 3.39. The molecule has 2 aromatic rings. The Balaban J connectivity index is 1.77. The molecule has 1 aromatic heterocycles. The summed E-state index contributed by atoms with van der Waals surface area (Å²) in [5.41, 5.74) is 2.71. The highest BCUT2D eigenvalue weighted by Crippen LogP contribution is 2.42. The van der Waals surface area contributed by atoms with Crippen LogP contribution in [0.25, 0.3) is 5.69 Å². The van der Waals surface area contributed by atoms with Gasteiger partial charge >= 0.3 is 0 Å². The van der Waals surface area contributed by atoms with Crippen molar-refractivity contribution in [1.29, 1.82) is 0 Å². The zero-order valence-corrected chi connectivity index (χ0v) is 12.4. The number of nitrogens with zero attached hydrogens (tertiary/aromatic N) is 3. The van der Waals surface area contributed by atoms with E-state index in [4.69, 9.17) is 0 Å². The maximum Gasteiger partial charge on any atom is 0.123 e. The van der Waals surface area contributed by atoms with Gasteiger partial charge in [-0.25, -0.2) is 0 Å². The van der Waals surface area contributed by atoms with Crippen LogP contribution in [0.5, 0.6) is 0 Å². The fraction of sp³-hybridized carbons (Fsp3) is 0.500. The summed E-state index contributed by atoms with van der Waals surface area (Å²) in [7, 11) is 0. The van der Waals surface area contributed by atoms with Gasteiger partial charge in [0.05, 0.1) is 5.69 Å². The van der Waals surface area contributed by atoms with Crippen molar-refractivity contribution in [3.8, 4) is 5.69 Å². The van der Waals surface area contributed by atoms with E-state index in [1.54, 1.807) is 12.7 Å². The molecule has 4 heteroatoms. The molecule has 20 heavy (non-hydrogen) atoms. The summed E-state index contributed by atoms with van der Waals surface area (Å²) in [5, 5.41) is 11.4. The highest BCUT2D eigenvalue weighted by atomic mass is 15.2. The average Bonchev–Trinajstić information content (AvgIpc) is 2.98. The van der Waals surface area contributed by atoms with E-state index in [0.29, 0.717) is 17.4 Å². The Bertz CT molecular complexity index is 574. The van der Waals surface area contributed by atoms with Crippen molar-refractivity contribution in [1.82, 2.24) is 14.8 Å². The normalized spacial score (nSPS) is 24.8. The molecule has 3 rings (SSSR count). The van der Waals surface area contributed by atoms with Crippen molar-refractivity contribution in [3.63, 3.8) is 0 Å². The van der Waals surface area contributed by atoms with Crippen molar-refractivity contribution < 1.29 is 0 Å². The van der Waals surface area contributed by atoms with Crippen molar-refractivity contribution in [3.05, 3.63) is 36.9 Å². The number of hydrogen-bond donors (Lipinski definition) is 1. The minimum Gasteiger partial charge on any atom is -0.382 e. The van der Waals surface area contributed by atoms with Gasteiger partial charge in [-0.3, -0.25) is 4.57 Å². The zero-order valence-electron chi connectivity index (χ0n) is 12.4. The Morgan fingerprint density at radius 2 is 1.95 bits per heavy atom. The van der Waals surface area contributed by atoms with Crippen molar-refractivity contribution in [2.75, 3.05) is 5.32 Å². The molecule has 1 heterocycles. The summed E-state index contributed by atoms with van der Waals surface area (Å²) in [5.74, 6) is 0.712. The molecular formula is C16H22N4. The molecule has 4 nitrogen and oxygen atoms in total. The first-order chi connectivity index (χ1) is 9.53. The van der Waals surface area contributed by atoms with Gasteiger partial charge in [0.15, 0.2) is 0 Å². The summed E-state index contributed by atoms with van der Waals surface area (Å²) in [6.45, 7) is 7.06. The molecule has 106 valence electrons. The molecular weight excluding hydrogens is 248 g/mol. The maximum absolute atomic E-state index is 3.86. The smallest absolute Gasteiger partial charge is 0.123 e. The van der Waals surface area contributed by atoms with Crippen LogP contribution in [0.15, 0.2) is 36.9 Å². The molecule has 1 aliphatic rings. The Morgan fingerprint density at radius 1 is 1.20 bits per heavy atom. The van der Waals surface area contributed by atoms with Gasteiger partial charge in [0.2, 0.25) is 0 Å². The summed E-state index contributed by atoms with van der Waals surface area (Å²) in [4.78, 5) is 0. The molecule has 0 spiro atoms. The Kier molecular flexibility index (Phi) is 3.24. The number of benzene rings is 1. The zero-order chi connectivity index (χ0) is 14.2. The van der Waals surface area contributed by atoms with Gasteiger partial charge in [0, 0.05) is 11.7 Å². The quantitative estimate of drug-likeness (QED) is 0.928. The second-order valence-electron chi connectivity index (χ2n) is 6.72. The first kappa shape index (κ1) is 13.2. The third-order valence-electron chi connectivity index (χ3n) is 4.25. The lowest BCUT2D eigenvalue weighted by molar-refractivity contribution is 0.366. The van der Waals surface area contributed by atoms with Gasteiger partial charge in [0.1, 0.15) is 12.7 Å². The van der Waals surface area contributed by atoms with Gasteiger partial charge in [-0.1, -0.05) is 26.8 Å². The monoisotopic (exact) mass is 270 g/mol. The molecule has 1 N–H and O–H groups in total. The van der Waals surface area contributed by atoms with Crippen LogP contribution in [-0.4, -0.2) is 20.8 Å². The summed E-state index contributed by atoms with van der Waals surface area (Å²) >= 11 is 0. The predicted molar refractivity (Wildman–Crippen MR) is 80.9 cm³/mol. The summed E-state index contributed by atoms with van der Waals surface area (Å²) in [6, 6.07) is 8.98. The van der Waals surface area contributed by atoms with E-state index in [0.717, 1.165) is 5.69 Å². The first-order valence-electron chi connectivity index (χ1n) is 7.25. The first-order valence-corrected chi connectivity index (χ1v) is 7.25. The largest absolute Gasteiger partial charge is 0.382 e. The van der Waals surface area contributed by atoms with Crippen LogP contribution in [0.1, 0.15) is 33.6 Å². The molecule has 2 atom stereocenters. The van der Waals surface area contributed by atoms with Crippen LogP contribution >= 0.6 is 0 Å².